The third kappa shape index (κ3) is 4.78. The maximum absolute atomic E-state index is 9.77. The van der Waals surface area contributed by atoms with Gasteiger partial charge in [0, 0.05) is 26.7 Å². The van der Waals surface area contributed by atoms with Crippen molar-refractivity contribution >= 4 is 0 Å². The average Bonchev–Trinajstić information content (AvgIpc) is 2.30. The molecule has 1 heterocycles. The Kier molecular flexibility index (Phi) is 5.69. The lowest BCUT2D eigenvalue weighted by atomic mass is 10.00. The number of nitrogens with zero attached hydrogens (tertiary/aromatic N) is 1. The van der Waals surface area contributed by atoms with Crippen LogP contribution in [0.15, 0.2) is 0 Å². The number of rotatable bonds is 6. The Morgan fingerprint density at radius 2 is 2.06 bits per heavy atom. The second kappa shape index (κ2) is 6.55. The molecule has 0 aromatic carbocycles. The highest BCUT2D eigenvalue weighted by molar-refractivity contribution is 4.76. The first kappa shape index (κ1) is 13.9. The van der Waals surface area contributed by atoms with Gasteiger partial charge >= 0.3 is 0 Å². The summed E-state index contributed by atoms with van der Waals surface area (Å²) in [5.74, 6) is 0. The van der Waals surface area contributed by atoms with Crippen LogP contribution in [0.1, 0.15) is 32.6 Å². The topological polar surface area (TPSA) is 58.7 Å². The number of likely N-dealkylation sites (tertiary alicyclic amines) is 1. The molecule has 16 heavy (non-hydrogen) atoms. The number of hydrogen-bond acceptors (Lipinski definition) is 4. The fraction of sp³-hybridized carbons (Fsp3) is 1.00. The molecule has 0 aromatic heterocycles. The molecule has 4 heteroatoms. The standard InChI is InChI=1S/C12H26N2O2/c1-12(15,10-13)6-3-7-14-8-4-11(16-2)5-9-14/h11,15H,3-10,13H2,1-2H3. The molecular formula is C12H26N2O2. The number of piperidine rings is 1. The number of methoxy groups -OCH3 is 1. The Labute approximate surface area is 98.8 Å². The summed E-state index contributed by atoms with van der Waals surface area (Å²) >= 11 is 0. The van der Waals surface area contributed by atoms with Crippen molar-refractivity contribution in [1.29, 1.82) is 0 Å². The van der Waals surface area contributed by atoms with Crippen molar-refractivity contribution in [3.8, 4) is 0 Å². The third-order valence-corrected chi connectivity index (χ3v) is 3.50. The van der Waals surface area contributed by atoms with Crippen molar-refractivity contribution in [3.63, 3.8) is 0 Å². The lowest BCUT2D eigenvalue weighted by Gasteiger charge is -2.32. The molecule has 1 rings (SSSR count). The molecule has 4 nitrogen and oxygen atoms in total. The third-order valence-electron chi connectivity index (χ3n) is 3.50. The van der Waals surface area contributed by atoms with Crippen LogP contribution in [-0.4, -0.2) is 55.0 Å². The van der Waals surface area contributed by atoms with Crippen LogP contribution in [-0.2, 0) is 4.74 Å². The zero-order chi connectivity index (χ0) is 12.0. The Hall–Kier alpha value is -0.160. The Morgan fingerprint density at radius 3 is 2.56 bits per heavy atom. The molecule has 0 radical (unpaired) electrons. The van der Waals surface area contributed by atoms with Gasteiger partial charge in [-0.15, -0.1) is 0 Å². The van der Waals surface area contributed by atoms with Crippen molar-refractivity contribution < 1.29 is 9.84 Å². The predicted octanol–water partition coefficient (Wildman–Crippen LogP) is 0.587. The van der Waals surface area contributed by atoms with E-state index in [4.69, 9.17) is 10.5 Å². The van der Waals surface area contributed by atoms with Crippen LogP contribution >= 0.6 is 0 Å². The molecule has 1 fully saturated rings. The molecule has 0 spiro atoms. The lowest BCUT2D eigenvalue weighted by Crippen LogP contribution is -2.39. The van der Waals surface area contributed by atoms with Gasteiger partial charge in [0.25, 0.3) is 0 Å². The second-order valence-corrected chi connectivity index (χ2v) is 5.08. The number of aliphatic hydroxyl groups is 1. The van der Waals surface area contributed by atoms with Crippen LogP contribution in [0, 0.1) is 0 Å². The van der Waals surface area contributed by atoms with E-state index in [9.17, 15) is 5.11 Å². The minimum Gasteiger partial charge on any atom is -0.389 e. The van der Waals surface area contributed by atoms with Gasteiger partial charge in [0.2, 0.25) is 0 Å². The zero-order valence-electron chi connectivity index (χ0n) is 10.6. The molecule has 1 aliphatic heterocycles. The molecule has 96 valence electrons. The summed E-state index contributed by atoms with van der Waals surface area (Å²) in [6, 6.07) is 0. The SMILES string of the molecule is COC1CCN(CCCC(C)(O)CN)CC1. The van der Waals surface area contributed by atoms with Crippen molar-refractivity contribution in [2.75, 3.05) is 33.3 Å². The van der Waals surface area contributed by atoms with E-state index >= 15 is 0 Å². The zero-order valence-corrected chi connectivity index (χ0v) is 10.6. The highest BCUT2D eigenvalue weighted by Gasteiger charge is 2.20. The maximum atomic E-state index is 9.77. The van der Waals surface area contributed by atoms with E-state index in [1.165, 1.54) is 0 Å². The van der Waals surface area contributed by atoms with Gasteiger partial charge in [0.1, 0.15) is 0 Å². The second-order valence-electron chi connectivity index (χ2n) is 5.08. The van der Waals surface area contributed by atoms with Gasteiger partial charge < -0.3 is 20.5 Å². The van der Waals surface area contributed by atoms with E-state index in [0.29, 0.717) is 12.6 Å². The molecular weight excluding hydrogens is 204 g/mol. The molecule has 1 saturated heterocycles. The van der Waals surface area contributed by atoms with Crippen LogP contribution < -0.4 is 5.73 Å². The Balaban J connectivity index is 2.11. The lowest BCUT2D eigenvalue weighted by molar-refractivity contribution is 0.0320. The van der Waals surface area contributed by atoms with E-state index in [1.54, 1.807) is 7.11 Å². The summed E-state index contributed by atoms with van der Waals surface area (Å²) in [6.07, 6.45) is 4.51. The fourth-order valence-corrected chi connectivity index (χ4v) is 2.15. The fourth-order valence-electron chi connectivity index (χ4n) is 2.15. The Bertz CT molecular complexity index is 189. The average molecular weight is 230 g/mol. The molecule has 1 unspecified atom stereocenters. The van der Waals surface area contributed by atoms with E-state index in [0.717, 1.165) is 45.3 Å². The van der Waals surface area contributed by atoms with Gasteiger partial charge in [0.15, 0.2) is 0 Å². The van der Waals surface area contributed by atoms with Gasteiger partial charge in [-0.05, 0) is 39.2 Å². The summed E-state index contributed by atoms with van der Waals surface area (Å²) in [6.45, 7) is 5.45. The van der Waals surface area contributed by atoms with E-state index < -0.39 is 5.60 Å². The quantitative estimate of drug-likeness (QED) is 0.701. The monoisotopic (exact) mass is 230 g/mol. The van der Waals surface area contributed by atoms with Gasteiger partial charge in [-0.2, -0.15) is 0 Å². The van der Waals surface area contributed by atoms with Gasteiger partial charge in [0.05, 0.1) is 11.7 Å². The molecule has 1 atom stereocenters. The molecule has 0 amide bonds. The van der Waals surface area contributed by atoms with Crippen molar-refractivity contribution in [3.05, 3.63) is 0 Å². The normalized spacial score (nSPS) is 23.2. The van der Waals surface area contributed by atoms with Crippen LogP contribution in [0.25, 0.3) is 0 Å². The predicted molar refractivity (Wildman–Crippen MR) is 65.4 cm³/mol. The first-order valence-electron chi connectivity index (χ1n) is 6.25. The first-order valence-corrected chi connectivity index (χ1v) is 6.25. The first-order chi connectivity index (χ1) is 7.57. The molecule has 3 N–H and O–H groups in total. The molecule has 0 aromatic rings. The van der Waals surface area contributed by atoms with E-state index in [2.05, 4.69) is 4.90 Å². The van der Waals surface area contributed by atoms with E-state index in [1.807, 2.05) is 6.92 Å². The van der Waals surface area contributed by atoms with Crippen LogP contribution in [0.2, 0.25) is 0 Å². The summed E-state index contributed by atoms with van der Waals surface area (Å²) in [5.41, 5.74) is 4.79. The highest BCUT2D eigenvalue weighted by Crippen LogP contribution is 2.15. The van der Waals surface area contributed by atoms with Crippen LogP contribution in [0.4, 0.5) is 0 Å². The summed E-state index contributed by atoms with van der Waals surface area (Å²) < 4.78 is 5.33. The minimum absolute atomic E-state index is 0.346. The molecule has 0 bridgehead atoms. The number of ether oxygens (including phenoxy) is 1. The smallest absolute Gasteiger partial charge is 0.0741 e. The van der Waals surface area contributed by atoms with Crippen molar-refractivity contribution in [2.45, 2.75) is 44.3 Å². The van der Waals surface area contributed by atoms with Gasteiger partial charge in [-0.3, -0.25) is 0 Å². The van der Waals surface area contributed by atoms with Crippen molar-refractivity contribution in [2.24, 2.45) is 5.73 Å². The summed E-state index contributed by atoms with van der Waals surface area (Å²) in [7, 11) is 1.79. The van der Waals surface area contributed by atoms with Gasteiger partial charge in [-0.25, -0.2) is 0 Å². The summed E-state index contributed by atoms with van der Waals surface area (Å²) in [5, 5.41) is 9.77. The maximum Gasteiger partial charge on any atom is 0.0741 e. The molecule has 1 aliphatic rings. The molecule has 0 aliphatic carbocycles. The summed E-state index contributed by atoms with van der Waals surface area (Å²) in [4.78, 5) is 2.45. The number of hydrogen-bond donors (Lipinski definition) is 2. The largest absolute Gasteiger partial charge is 0.389 e. The minimum atomic E-state index is -0.690. The van der Waals surface area contributed by atoms with Crippen LogP contribution in [0.3, 0.4) is 0 Å². The Morgan fingerprint density at radius 1 is 1.44 bits per heavy atom. The van der Waals surface area contributed by atoms with Gasteiger partial charge in [-0.1, -0.05) is 0 Å². The highest BCUT2D eigenvalue weighted by atomic mass is 16.5. The van der Waals surface area contributed by atoms with E-state index in [-0.39, 0.29) is 0 Å². The number of nitrogens with two attached hydrogens (primary N) is 1. The molecule has 0 saturated carbocycles. The van der Waals surface area contributed by atoms with Crippen LogP contribution in [0.5, 0.6) is 0 Å². The van der Waals surface area contributed by atoms with Crippen molar-refractivity contribution in [1.82, 2.24) is 4.90 Å².